The van der Waals surface area contributed by atoms with E-state index in [1.165, 1.54) is 0 Å². The predicted molar refractivity (Wildman–Crippen MR) is 146 cm³/mol. The number of amides is 1. The molecule has 4 aromatic rings. The van der Waals surface area contributed by atoms with Gasteiger partial charge in [0, 0.05) is 55.8 Å². The maximum absolute atomic E-state index is 12.7. The molecule has 0 saturated carbocycles. The summed E-state index contributed by atoms with van der Waals surface area (Å²) in [5, 5.41) is 1.10. The Hall–Kier alpha value is -3.98. The number of rotatable bonds is 8. The van der Waals surface area contributed by atoms with Crippen molar-refractivity contribution in [2.45, 2.75) is 43.2 Å². The number of nitrogens with one attached hydrogen (secondary N) is 1. The molecule has 1 unspecified atom stereocenters. The molecule has 2 aromatic heterocycles. The van der Waals surface area contributed by atoms with Gasteiger partial charge < -0.3 is 24.1 Å². The van der Waals surface area contributed by atoms with Gasteiger partial charge in [0.2, 0.25) is 5.88 Å². The van der Waals surface area contributed by atoms with Crippen LogP contribution in [0.25, 0.3) is 0 Å². The van der Waals surface area contributed by atoms with Gasteiger partial charge in [-0.15, -0.1) is 0 Å². The molecule has 5 rings (SSSR count). The van der Waals surface area contributed by atoms with Gasteiger partial charge in [0.15, 0.2) is 5.16 Å². The lowest BCUT2D eigenvalue weighted by Gasteiger charge is -2.31. The zero-order valence-corrected chi connectivity index (χ0v) is 22.2. The smallest absolute Gasteiger partial charge is 0.415 e. The Morgan fingerprint density at radius 3 is 2.34 bits per heavy atom. The summed E-state index contributed by atoms with van der Waals surface area (Å²) in [5.74, 6) is 2.56. The number of hydrogen-bond donors (Lipinski definition) is 1. The molecule has 1 fully saturated rings. The first-order valence-electron chi connectivity index (χ1n) is 12.6. The maximum atomic E-state index is 12.7. The quantitative estimate of drug-likeness (QED) is 0.251. The van der Waals surface area contributed by atoms with Crippen LogP contribution in [-0.4, -0.2) is 45.1 Å². The van der Waals surface area contributed by atoms with Crippen LogP contribution in [0.15, 0.2) is 84.4 Å². The Kier molecular flexibility index (Phi) is 8.13. The predicted octanol–water partition coefficient (Wildman–Crippen LogP) is 6.80. The van der Waals surface area contributed by atoms with Gasteiger partial charge in [0.05, 0.1) is 0 Å². The molecule has 1 atom stereocenters. The topological polar surface area (TPSA) is 89.6 Å². The SMILES string of the molecule is Cc1ccc(Oc2ccc(OC3CCN(C(=O)Oc4ccc(C(C)Sc5ncc[nH]5)cc4)CC3)cc2)nc1. The van der Waals surface area contributed by atoms with Gasteiger partial charge in [-0.25, -0.2) is 14.8 Å². The van der Waals surface area contributed by atoms with Crippen LogP contribution in [0.1, 0.15) is 36.1 Å². The van der Waals surface area contributed by atoms with Crippen LogP contribution in [0.4, 0.5) is 4.79 Å². The second-order valence-electron chi connectivity index (χ2n) is 9.14. The average Bonchev–Trinajstić information content (AvgIpc) is 3.45. The number of thioether (sulfide) groups is 1. The van der Waals surface area contributed by atoms with Gasteiger partial charge in [-0.05, 0) is 61.4 Å². The molecule has 1 aliphatic rings. The number of aryl methyl sites for hydroxylation is 1. The van der Waals surface area contributed by atoms with Crippen molar-refractivity contribution < 1.29 is 19.0 Å². The van der Waals surface area contributed by atoms with E-state index in [0.29, 0.717) is 30.5 Å². The summed E-state index contributed by atoms with van der Waals surface area (Å²) in [6.07, 6.45) is 6.51. The van der Waals surface area contributed by atoms with E-state index >= 15 is 0 Å². The van der Waals surface area contributed by atoms with Gasteiger partial charge >= 0.3 is 6.09 Å². The third-order valence-electron chi connectivity index (χ3n) is 6.25. The molecule has 196 valence electrons. The molecule has 2 aromatic carbocycles. The molecule has 0 spiro atoms. The normalized spacial score (nSPS) is 14.6. The zero-order chi connectivity index (χ0) is 26.3. The summed E-state index contributed by atoms with van der Waals surface area (Å²) < 4.78 is 17.5. The fraction of sp³-hybridized carbons (Fsp3) is 0.276. The molecule has 1 N–H and O–H groups in total. The fourth-order valence-electron chi connectivity index (χ4n) is 4.09. The molecular weight excluding hydrogens is 500 g/mol. The lowest BCUT2D eigenvalue weighted by molar-refractivity contribution is 0.0930. The largest absolute Gasteiger partial charge is 0.490 e. The summed E-state index contributed by atoms with van der Waals surface area (Å²) in [5.41, 5.74) is 2.22. The van der Waals surface area contributed by atoms with Crippen molar-refractivity contribution in [2.24, 2.45) is 0 Å². The number of aromatic nitrogens is 3. The second-order valence-corrected chi connectivity index (χ2v) is 10.5. The number of aromatic amines is 1. The van der Waals surface area contributed by atoms with Crippen molar-refractivity contribution >= 4 is 17.9 Å². The summed E-state index contributed by atoms with van der Waals surface area (Å²) >= 11 is 1.64. The van der Waals surface area contributed by atoms with Gasteiger partial charge in [0.25, 0.3) is 0 Å². The highest BCUT2D eigenvalue weighted by Gasteiger charge is 2.25. The number of piperidine rings is 1. The van der Waals surface area contributed by atoms with E-state index in [-0.39, 0.29) is 17.4 Å². The Morgan fingerprint density at radius 1 is 0.974 bits per heavy atom. The summed E-state index contributed by atoms with van der Waals surface area (Å²) in [4.78, 5) is 26.0. The van der Waals surface area contributed by atoms with Gasteiger partial charge in [-0.3, -0.25) is 0 Å². The molecule has 0 radical (unpaired) electrons. The number of benzene rings is 2. The van der Waals surface area contributed by atoms with E-state index in [0.717, 1.165) is 34.9 Å². The second kappa shape index (κ2) is 12.0. The summed E-state index contributed by atoms with van der Waals surface area (Å²) in [7, 11) is 0. The average molecular weight is 531 g/mol. The van der Waals surface area contributed by atoms with E-state index in [2.05, 4.69) is 21.9 Å². The zero-order valence-electron chi connectivity index (χ0n) is 21.4. The van der Waals surface area contributed by atoms with Crippen molar-refractivity contribution in [3.05, 3.63) is 90.4 Å². The molecular formula is C29H30N4O4S. The molecule has 0 bridgehead atoms. The number of ether oxygens (including phenoxy) is 3. The Bertz CT molecular complexity index is 1300. The lowest BCUT2D eigenvalue weighted by Crippen LogP contribution is -2.43. The van der Waals surface area contributed by atoms with Crippen LogP contribution in [0.2, 0.25) is 0 Å². The number of imidazole rings is 1. The van der Waals surface area contributed by atoms with Crippen molar-refractivity contribution in [2.75, 3.05) is 13.1 Å². The lowest BCUT2D eigenvalue weighted by atomic mass is 10.1. The van der Waals surface area contributed by atoms with E-state index in [1.54, 1.807) is 29.1 Å². The molecule has 8 nitrogen and oxygen atoms in total. The van der Waals surface area contributed by atoms with Crippen LogP contribution >= 0.6 is 11.8 Å². The molecule has 0 aliphatic carbocycles. The third kappa shape index (κ3) is 6.86. The number of carbonyl (C=O) groups excluding carboxylic acids is 1. The van der Waals surface area contributed by atoms with E-state index in [4.69, 9.17) is 14.2 Å². The number of hydrogen-bond acceptors (Lipinski definition) is 7. The summed E-state index contributed by atoms with van der Waals surface area (Å²) in [6, 6.07) is 19.0. The summed E-state index contributed by atoms with van der Waals surface area (Å²) in [6.45, 7) is 5.27. The maximum Gasteiger partial charge on any atom is 0.415 e. The fourth-order valence-corrected chi connectivity index (χ4v) is 4.98. The number of carbonyl (C=O) groups is 1. The van der Waals surface area contributed by atoms with Crippen LogP contribution < -0.4 is 14.2 Å². The van der Waals surface area contributed by atoms with Crippen molar-refractivity contribution in [3.8, 4) is 23.1 Å². The highest BCUT2D eigenvalue weighted by molar-refractivity contribution is 7.99. The Labute approximate surface area is 226 Å². The number of H-pyrrole nitrogens is 1. The highest BCUT2D eigenvalue weighted by atomic mass is 32.2. The first-order chi connectivity index (χ1) is 18.5. The van der Waals surface area contributed by atoms with Crippen molar-refractivity contribution in [3.63, 3.8) is 0 Å². The van der Waals surface area contributed by atoms with E-state index < -0.39 is 0 Å². The first kappa shape index (κ1) is 25.7. The van der Waals surface area contributed by atoms with Crippen molar-refractivity contribution in [1.29, 1.82) is 0 Å². The minimum atomic E-state index is -0.333. The first-order valence-corrected chi connectivity index (χ1v) is 13.5. The van der Waals surface area contributed by atoms with Crippen molar-refractivity contribution in [1.82, 2.24) is 19.9 Å². The van der Waals surface area contributed by atoms with Crippen LogP contribution in [0.3, 0.4) is 0 Å². The number of pyridine rings is 1. The van der Waals surface area contributed by atoms with Crippen LogP contribution in [0, 0.1) is 6.92 Å². The monoisotopic (exact) mass is 530 g/mol. The molecule has 3 heterocycles. The molecule has 9 heteroatoms. The minimum absolute atomic E-state index is 0.0389. The van der Waals surface area contributed by atoms with Crippen LogP contribution in [-0.2, 0) is 0 Å². The number of likely N-dealkylation sites (tertiary alicyclic amines) is 1. The van der Waals surface area contributed by atoms with Gasteiger partial charge in [0.1, 0.15) is 23.4 Å². The van der Waals surface area contributed by atoms with Gasteiger partial charge in [-0.2, -0.15) is 0 Å². The minimum Gasteiger partial charge on any atom is -0.490 e. The van der Waals surface area contributed by atoms with E-state index in [1.807, 2.05) is 73.8 Å². The Morgan fingerprint density at radius 2 is 1.68 bits per heavy atom. The van der Waals surface area contributed by atoms with E-state index in [9.17, 15) is 4.79 Å². The molecule has 1 amide bonds. The van der Waals surface area contributed by atoms with Crippen LogP contribution in [0.5, 0.6) is 23.1 Å². The molecule has 1 aliphatic heterocycles. The Balaban J connectivity index is 1.06. The standard InChI is InChI=1S/C29H30N4O4S/c1-20-3-12-27(32-19-20)36-24-10-8-23(9-11-24)35-26-13-17-33(18-14-26)29(34)37-25-6-4-22(5-7-25)21(2)38-28-30-15-16-31-28/h3-12,15-16,19,21,26H,13-14,17-18H2,1-2H3,(H,30,31). The highest BCUT2D eigenvalue weighted by Crippen LogP contribution is 2.33. The number of nitrogens with zero attached hydrogens (tertiary/aromatic N) is 3. The molecule has 1 saturated heterocycles. The van der Waals surface area contributed by atoms with Gasteiger partial charge in [-0.1, -0.05) is 30.0 Å². The third-order valence-corrected chi connectivity index (χ3v) is 7.32. The molecule has 38 heavy (non-hydrogen) atoms.